The van der Waals surface area contributed by atoms with Gasteiger partial charge in [0, 0.05) is 5.92 Å². The van der Waals surface area contributed by atoms with Crippen LogP contribution in [0.5, 0.6) is 0 Å². The van der Waals surface area contributed by atoms with E-state index < -0.39 is 23.7 Å². The molecule has 1 amide bonds. The van der Waals surface area contributed by atoms with Crippen molar-refractivity contribution in [3.63, 3.8) is 0 Å². The molecule has 3 nitrogen and oxygen atoms in total. The number of halogens is 2. The first kappa shape index (κ1) is 9.93. The first-order valence-electron chi connectivity index (χ1n) is 3.74. The van der Waals surface area contributed by atoms with E-state index in [1.165, 1.54) is 6.92 Å². The van der Waals surface area contributed by atoms with E-state index in [0.29, 0.717) is 0 Å². The lowest BCUT2D eigenvalue weighted by Crippen LogP contribution is -2.27. The lowest BCUT2D eigenvalue weighted by Gasteiger charge is -2.00. The Hall–Kier alpha value is -1.15. The summed E-state index contributed by atoms with van der Waals surface area (Å²) in [5.74, 6) is -3.81. The normalized spacial score (nSPS) is 29.1. The molecular formula is C8H9F2NO2. The van der Waals surface area contributed by atoms with Crippen molar-refractivity contribution in [3.05, 3.63) is 0 Å². The van der Waals surface area contributed by atoms with Crippen molar-refractivity contribution in [1.82, 2.24) is 5.48 Å². The molecule has 0 heterocycles. The summed E-state index contributed by atoms with van der Waals surface area (Å²) in [6.07, 6.45) is 4.81. The Balaban J connectivity index is 2.32. The molecule has 13 heavy (non-hydrogen) atoms. The van der Waals surface area contributed by atoms with E-state index in [1.807, 2.05) is 5.48 Å². The predicted molar refractivity (Wildman–Crippen MR) is 40.5 cm³/mol. The number of alkyl halides is 2. The number of hydrogen-bond donors (Lipinski definition) is 1. The highest BCUT2D eigenvalue weighted by Crippen LogP contribution is 2.54. The lowest BCUT2D eigenvalue weighted by molar-refractivity contribution is -0.136. The second-order valence-corrected chi connectivity index (χ2v) is 2.90. The molecule has 0 aromatic rings. The molecular weight excluding hydrogens is 180 g/mol. The number of hydroxylamine groups is 1. The quantitative estimate of drug-likeness (QED) is 0.400. The highest BCUT2D eigenvalue weighted by atomic mass is 19.3. The van der Waals surface area contributed by atoms with Crippen molar-refractivity contribution in [2.75, 3.05) is 6.61 Å². The first-order valence-corrected chi connectivity index (χ1v) is 3.74. The Morgan fingerprint density at radius 3 is 2.69 bits per heavy atom. The van der Waals surface area contributed by atoms with Crippen LogP contribution in [0.2, 0.25) is 0 Å². The van der Waals surface area contributed by atoms with Gasteiger partial charge in [-0.3, -0.25) is 9.63 Å². The third-order valence-electron chi connectivity index (χ3n) is 2.02. The number of hydrogen-bond acceptors (Lipinski definition) is 2. The molecule has 0 spiro atoms. The predicted octanol–water partition coefficient (Wildman–Crippen LogP) is 0.569. The van der Waals surface area contributed by atoms with E-state index >= 15 is 0 Å². The van der Waals surface area contributed by atoms with Crippen LogP contribution in [0.1, 0.15) is 6.92 Å². The van der Waals surface area contributed by atoms with Gasteiger partial charge in [0.2, 0.25) is 0 Å². The maximum Gasteiger partial charge on any atom is 0.263 e. The molecule has 72 valence electrons. The first-order chi connectivity index (χ1) is 6.01. The summed E-state index contributed by atoms with van der Waals surface area (Å²) in [6, 6.07) is 0. The van der Waals surface area contributed by atoms with Crippen LogP contribution < -0.4 is 5.48 Å². The maximum atomic E-state index is 12.6. The summed E-state index contributed by atoms with van der Waals surface area (Å²) in [5, 5.41) is 0. The fraction of sp³-hybridized carbons (Fsp3) is 0.625. The summed E-state index contributed by atoms with van der Waals surface area (Å²) in [4.78, 5) is 15.3. The molecule has 1 aliphatic rings. The van der Waals surface area contributed by atoms with Crippen molar-refractivity contribution in [3.8, 4) is 12.3 Å². The van der Waals surface area contributed by atoms with Crippen molar-refractivity contribution in [1.29, 1.82) is 0 Å². The Kier molecular flexibility index (Phi) is 2.52. The minimum absolute atomic E-state index is 0.127. The van der Waals surface area contributed by atoms with Crippen molar-refractivity contribution < 1.29 is 18.4 Å². The lowest BCUT2D eigenvalue weighted by atomic mass is 10.3. The number of rotatable bonds is 3. The molecule has 0 bridgehead atoms. The second-order valence-electron chi connectivity index (χ2n) is 2.90. The largest absolute Gasteiger partial charge is 0.272 e. The summed E-state index contributed by atoms with van der Waals surface area (Å²) in [5.41, 5.74) is 1.87. The van der Waals surface area contributed by atoms with Gasteiger partial charge in [-0.2, -0.15) is 0 Å². The molecule has 0 saturated heterocycles. The minimum atomic E-state index is -2.90. The van der Waals surface area contributed by atoms with Gasteiger partial charge in [-0.05, 0) is 0 Å². The molecule has 0 aromatic heterocycles. The highest BCUT2D eigenvalue weighted by Gasteiger charge is 2.69. The van der Waals surface area contributed by atoms with Gasteiger partial charge in [-0.15, -0.1) is 6.42 Å². The highest BCUT2D eigenvalue weighted by molar-refractivity contribution is 5.82. The van der Waals surface area contributed by atoms with Crippen LogP contribution in [0, 0.1) is 24.2 Å². The fourth-order valence-corrected chi connectivity index (χ4v) is 1.09. The van der Waals surface area contributed by atoms with Crippen LogP contribution in [0.25, 0.3) is 0 Å². The monoisotopic (exact) mass is 189 g/mol. The van der Waals surface area contributed by atoms with E-state index in [1.54, 1.807) is 0 Å². The second kappa shape index (κ2) is 3.30. The molecule has 2 unspecified atom stereocenters. The van der Waals surface area contributed by atoms with Gasteiger partial charge in [-0.1, -0.05) is 12.8 Å². The zero-order valence-electron chi connectivity index (χ0n) is 7.01. The molecule has 1 N–H and O–H groups in total. The van der Waals surface area contributed by atoms with Crippen LogP contribution in [0.3, 0.4) is 0 Å². The van der Waals surface area contributed by atoms with Gasteiger partial charge in [0.05, 0.1) is 0 Å². The maximum absolute atomic E-state index is 12.6. The van der Waals surface area contributed by atoms with Gasteiger partial charge in [0.25, 0.3) is 11.8 Å². The zero-order valence-corrected chi connectivity index (χ0v) is 7.01. The van der Waals surface area contributed by atoms with Crippen molar-refractivity contribution in [2.45, 2.75) is 12.8 Å². The SMILES string of the molecule is C#CCONC(=O)C1C(C)C1(F)F. The Morgan fingerprint density at radius 1 is 1.77 bits per heavy atom. The molecule has 0 aromatic carbocycles. The number of nitrogens with one attached hydrogen (secondary N) is 1. The number of amides is 1. The van der Waals surface area contributed by atoms with Gasteiger partial charge in [-0.25, -0.2) is 14.3 Å². The van der Waals surface area contributed by atoms with Gasteiger partial charge in [0.15, 0.2) is 0 Å². The molecule has 0 radical (unpaired) electrons. The molecule has 5 heteroatoms. The molecule has 0 aliphatic heterocycles. The van der Waals surface area contributed by atoms with Crippen molar-refractivity contribution >= 4 is 5.91 Å². The number of carbonyl (C=O) groups is 1. The summed E-state index contributed by atoms with van der Waals surface area (Å²) in [6.45, 7) is 1.18. The molecule has 1 aliphatic carbocycles. The smallest absolute Gasteiger partial charge is 0.263 e. The van der Waals surface area contributed by atoms with Gasteiger partial charge >= 0.3 is 0 Å². The zero-order chi connectivity index (χ0) is 10.1. The van der Waals surface area contributed by atoms with E-state index in [-0.39, 0.29) is 6.61 Å². The van der Waals surface area contributed by atoms with Gasteiger partial charge < -0.3 is 0 Å². The van der Waals surface area contributed by atoms with Crippen LogP contribution in [0.4, 0.5) is 8.78 Å². The molecule has 1 fully saturated rings. The fourth-order valence-electron chi connectivity index (χ4n) is 1.09. The van der Waals surface area contributed by atoms with E-state index in [0.717, 1.165) is 0 Å². The molecule has 1 rings (SSSR count). The molecule has 1 saturated carbocycles. The average Bonchev–Trinajstić information content (AvgIpc) is 2.52. The molecule has 2 atom stereocenters. The van der Waals surface area contributed by atoms with E-state index in [4.69, 9.17) is 6.42 Å². The summed E-state index contributed by atoms with van der Waals surface area (Å²) >= 11 is 0. The van der Waals surface area contributed by atoms with Crippen LogP contribution in [-0.4, -0.2) is 18.4 Å². The van der Waals surface area contributed by atoms with E-state index in [9.17, 15) is 13.6 Å². The van der Waals surface area contributed by atoms with Crippen LogP contribution in [0.15, 0.2) is 0 Å². The third kappa shape index (κ3) is 1.78. The van der Waals surface area contributed by atoms with Crippen LogP contribution in [-0.2, 0) is 9.63 Å². The summed E-state index contributed by atoms with van der Waals surface area (Å²) < 4.78 is 25.2. The number of terminal acetylenes is 1. The topological polar surface area (TPSA) is 38.3 Å². The van der Waals surface area contributed by atoms with E-state index in [2.05, 4.69) is 10.8 Å². The Bertz CT molecular complexity index is 259. The average molecular weight is 189 g/mol. The summed E-state index contributed by atoms with van der Waals surface area (Å²) in [7, 11) is 0. The Labute approximate surface area is 74.4 Å². The van der Waals surface area contributed by atoms with Gasteiger partial charge in [0.1, 0.15) is 12.5 Å². The van der Waals surface area contributed by atoms with Crippen molar-refractivity contribution in [2.24, 2.45) is 11.8 Å². The van der Waals surface area contributed by atoms with Crippen LogP contribution >= 0.6 is 0 Å². The Morgan fingerprint density at radius 2 is 2.31 bits per heavy atom. The standard InChI is InChI=1S/C8H9F2NO2/c1-3-4-13-11-7(12)6-5(2)8(6,9)10/h1,5-6H,4H2,2H3,(H,11,12). The third-order valence-corrected chi connectivity index (χ3v) is 2.02. The number of carbonyl (C=O) groups excluding carboxylic acids is 1. The minimum Gasteiger partial charge on any atom is -0.272 e.